The van der Waals surface area contributed by atoms with E-state index in [1.54, 1.807) is 18.9 Å². The summed E-state index contributed by atoms with van der Waals surface area (Å²) in [5.41, 5.74) is 2.89. The first kappa shape index (κ1) is 29.4. The molecule has 3 atom stereocenters. The Morgan fingerprint density at radius 2 is 1.74 bits per heavy atom. The maximum atomic E-state index is 14.3. The van der Waals surface area contributed by atoms with Gasteiger partial charge in [0.25, 0.3) is 0 Å². The van der Waals surface area contributed by atoms with Crippen molar-refractivity contribution in [2.75, 3.05) is 40.8 Å². The van der Waals surface area contributed by atoms with Crippen molar-refractivity contribution in [1.29, 1.82) is 0 Å². The van der Waals surface area contributed by atoms with E-state index in [9.17, 15) is 9.59 Å². The molecule has 0 aromatic heterocycles. The first-order chi connectivity index (χ1) is 18.6. The van der Waals surface area contributed by atoms with E-state index in [4.69, 9.17) is 32.7 Å². The van der Waals surface area contributed by atoms with E-state index in [1.165, 1.54) is 6.92 Å². The smallest absolute Gasteiger partial charge is 0.361 e. The van der Waals surface area contributed by atoms with Crippen LogP contribution in [-0.2, 0) is 20.7 Å². The number of rotatable bonds is 9. The number of carbonyl (C=O) groups excluding carboxylic acids is 2. The number of fused-ring (bicyclic) bond motifs is 1. The van der Waals surface area contributed by atoms with Crippen molar-refractivity contribution in [1.82, 2.24) is 9.38 Å². The van der Waals surface area contributed by atoms with Crippen molar-refractivity contribution in [3.63, 3.8) is 0 Å². The van der Waals surface area contributed by atoms with Crippen molar-refractivity contribution in [2.45, 2.75) is 29.6 Å². The Bertz CT molecular complexity index is 1340. The monoisotopic (exact) mass is 587 g/mol. The van der Waals surface area contributed by atoms with Crippen LogP contribution in [0.4, 0.5) is 5.69 Å². The quantitative estimate of drug-likeness (QED) is 0.213. The van der Waals surface area contributed by atoms with Gasteiger partial charge in [-0.1, -0.05) is 53.5 Å². The minimum Gasteiger partial charge on any atom is -0.497 e. The summed E-state index contributed by atoms with van der Waals surface area (Å²) in [6.45, 7) is 3.30. The lowest BCUT2D eigenvalue weighted by Crippen LogP contribution is -2.58. The number of thioether (sulfide) groups is 1. The van der Waals surface area contributed by atoms with Gasteiger partial charge >= 0.3 is 11.9 Å². The Labute approximate surface area is 244 Å². The van der Waals surface area contributed by atoms with E-state index in [-0.39, 0.29) is 10.4 Å². The number of carbonyl (C=O) groups is 2. The molecule has 0 saturated heterocycles. The Morgan fingerprint density at radius 3 is 2.41 bits per heavy atom. The highest BCUT2D eigenvalue weighted by Gasteiger charge is 2.50. The number of nitrogens with zero attached hydrogens (tertiary/aromatic N) is 2. The van der Waals surface area contributed by atoms with E-state index >= 15 is 0 Å². The van der Waals surface area contributed by atoms with Crippen LogP contribution in [0.15, 0.2) is 71.6 Å². The molecule has 39 heavy (non-hydrogen) atoms. The lowest BCUT2D eigenvalue weighted by Gasteiger charge is -2.34. The molecule has 3 aromatic rings. The van der Waals surface area contributed by atoms with Gasteiger partial charge in [-0.05, 0) is 54.9 Å². The van der Waals surface area contributed by atoms with Crippen LogP contribution in [0.25, 0.3) is 0 Å². The predicted molar refractivity (Wildman–Crippen MR) is 159 cm³/mol. The molecule has 1 aliphatic rings. The second-order valence-corrected chi connectivity index (χ2v) is 11.9. The third kappa shape index (κ3) is 6.79. The van der Waals surface area contributed by atoms with Crippen LogP contribution < -0.4 is 9.22 Å². The van der Waals surface area contributed by atoms with Crippen molar-refractivity contribution in [3.05, 3.63) is 87.9 Å². The molecule has 1 aliphatic heterocycles. The van der Waals surface area contributed by atoms with Gasteiger partial charge in [0.15, 0.2) is 5.69 Å². The SMILES string of the molecule is COc1ccc([C@H]2Sc3ccccc3[N@@+](C)(CCN(C)CCc3ccc(Cl)c(Cl)c3)C(=O)[C@H]2OC(C)=O)cc1. The van der Waals surface area contributed by atoms with E-state index < -0.39 is 17.3 Å². The molecular weight excluding hydrogens is 555 g/mol. The number of ether oxygens (including phenoxy) is 2. The highest BCUT2D eigenvalue weighted by atomic mass is 35.5. The summed E-state index contributed by atoms with van der Waals surface area (Å²) in [6.07, 6.45) is -0.160. The summed E-state index contributed by atoms with van der Waals surface area (Å²) in [6, 6.07) is 21.2. The second-order valence-electron chi connectivity index (χ2n) is 9.86. The number of likely N-dealkylation sites (N-methyl/N-ethyl adjacent to an activating group) is 2. The fourth-order valence-electron chi connectivity index (χ4n) is 4.75. The van der Waals surface area contributed by atoms with Gasteiger partial charge in [0, 0.05) is 26.1 Å². The molecule has 0 N–H and O–H groups in total. The minimum atomic E-state index is -0.959. The second kappa shape index (κ2) is 12.7. The van der Waals surface area contributed by atoms with Gasteiger partial charge in [0.2, 0.25) is 6.10 Å². The molecule has 0 unspecified atom stereocenters. The molecule has 1 amide bonds. The lowest BCUT2D eigenvalue weighted by atomic mass is 10.0. The van der Waals surface area contributed by atoms with Gasteiger partial charge in [0.05, 0.1) is 34.3 Å². The molecule has 0 saturated carbocycles. The van der Waals surface area contributed by atoms with Gasteiger partial charge in [-0.15, -0.1) is 11.8 Å². The lowest BCUT2D eigenvalue weighted by molar-refractivity contribution is -0.157. The first-order valence-corrected chi connectivity index (χ1v) is 14.4. The number of methoxy groups -OCH3 is 1. The fraction of sp³-hybridized carbons (Fsp3) is 0.333. The minimum absolute atomic E-state index is 0.0187. The van der Waals surface area contributed by atoms with Crippen molar-refractivity contribution in [3.8, 4) is 5.75 Å². The normalized spacial score (nSPS) is 20.8. The van der Waals surface area contributed by atoms with E-state index in [0.717, 1.165) is 40.4 Å². The summed E-state index contributed by atoms with van der Waals surface area (Å²) in [5.74, 6) is 0.0859. The number of hydrogen-bond acceptors (Lipinski definition) is 6. The van der Waals surface area contributed by atoms with Gasteiger partial charge < -0.3 is 14.4 Å². The number of amides is 1. The summed E-state index contributed by atoms with van der Waals surface area (Å²) in [5, 5.41) is 0.681. The number of para-hydroxylation sites is 1. The van der Waals surface area contributed by atoms with Gasteiger partial charge in [-0.25, -0.2) is 9.28 Å². The van der Waals surface area contributed by atoms with Crippen LogP contribution in [0.2, 0.25) is 10.0 Å². The van der Waals surface area contributed by atoms with Crippen molar-refractivity contribution in [2.24, 2.45) is 0 Å². The van der Waals surface area contributed by atoms with Gasteiger partial charge in [-0.3, -0.25) is 4.79 Å². The zero-order valence-electron chi connectivity index (χ0n) is 22.5. The zero-order valence-corrected chi connectivity index (χ0v) is 24.9. The van der Waals surface area contributed by atoms with E-state index in [1.807, 2.05) is 80.8 Å². The average Bonchev–Trinajstić information content (AvgIpc) is 3.02. The molecule has 0 radical (unpaired) electrons. The Balaban J connectivity index is 1.60. The van der Waals surface area contributed by atoms with Crippen LogP contribution in [0.5, 0.6) is 5.75 Å². The Kier molecular flexibility index (Phi) is 9.62. The van der Waals surface area contributed by atoms with Crippen LogP contribution in [0, 0.1) is 0 Å². The highest BCUT2D eigenvalue weighted by molar-refractivity contribution is 7.99. The van der Waals surface area contributed by atoms with Crippen LogP contribution in [0.3, 0.4) is 0 Å². The molecule has 0 bridgehead atoms. The third-order valence-corrected chi connectivity index (χ3v) is 9.20. The number of hydrogen-bond donors (Lipinski definition) is 0. The standard InChI is InChI=1S/C30H33Cl2N2O4S/c1-20(35)38-28-29(22-10-12-23(37-4)13-11-22)39-27-8-6-5-7-26(27)34(3,30(28)36)18-17-33(2)16-15-21-9-14-24(31)25(32)19-21/h5-14,19,28-29H,15-18H2,1-4H3/q+1/t28-,29+,34+/m0/s1. The molecule has 0 aliphatic carbocycles. The summed E-state index contributed by atoms with van der Waals surface area (Å²) in [4.78, 5) is 29.8. The van der Waals surface area contributed by atoms with E-state index in [0.29, 0.717) is 23.1 Å². The number of esters is 1. The molecular formula is C30H33Cl2N2O4S+. The molecule has 1 heterocycles. The number of quaternary nitrogens is 1. The zero-order chi connectivity index (χ0) is 28.2. The van der Waals surface area contributed by atoms with Crippen molar-refractivity contribution < 1.29 is 19.1 Å². The van der Waals surface area contributed by atoms with Crippen LogP contribution in [-0.4, -0.2) is 63.7 Å². The number of benzene rings is 3. The maximum Gasteiger partial charge on any atom is 0.361 e. The van der Waals surface area contributed by atoms with Crippen molar-refractivity contribution >= 4 is 52.5 Å². The molecule has 206 valence electrons. The highest BCUT2D eigenvalue weighted by Crippen LogP contribution is 2.48. The molecule has 9 heteroatoms. The third-order valence-electron chi connectivity index (χ3n) is 7.09. The molecule has 3 aromatic carbocycles. The largest absolute Gasteiger partial charge is 0.497 e. The summed E-state index contributed by atoms with van der Waals surface area (Å²) < 4.78 is 11.1. The van der Waals surface area contributed by atoms with Crippen LogP contribution in [0.1, 0.15) is 23.3 Å². The maximum absolute atomic E-state index is 14.3. The van der Waals surface area contributed by atoms with Gasteiger partial charge in [0.1, 0.15) is 12.3 Å². The Hall–Kier alpha value is -2.55. The Morgan fingerprint density at radius 1 is 1.03 bits per heavy atom. The van der Waals surface area contributed by atoms with Gasteiger partial charge in [-0.2, -0.15) is 0 Å². The number of halogens is 2. The summed E-state index contributed by atoms with van der Waals surface area (Å²) in [7, 11) is 5.57. The average molecular weight is 589 g/mol. The fourth-order valence-corrected chi connectivity index (χ4v) is 6.48. The van der Waals surface area contributed by atoms with Crippen LogP contribution >= 0.6 is 35.0 Å². The topological polar surface area (TPSA) is 55.8 Å². The molecule has 6 nitrogen and oxygen atoms in total. The first-order valence-electron chi connectivity index (χ1n) is 12.7. The predicted octanol–water partition coefficient (Wildman–Crippen LogP) is 6.42. The molecule has 0 fully saturated rings. The molecule has 0 spiro atoms. The molecule has 4 rings (SSSR count). The summed E-state index contributed by atoms with van der Waals surface area (Å²) >= 11 is 13.8. The van der Waals surface area contributed by atoms with E-state index in [2.05, 4.69) is 4.90 Å².